The van der Waals surface area contributed by atoms with Crippen molar-refractivity contribution in [3.05, 3.63) is 72.9 Å². The molecule has 1 N–H and O–H groups in total. The maximum Gasteiger partial charge on any atom is 0.240 e. The molecular weight excluding hydrogens is 300 g/mol. The Morgan fingerprint density at radius 1 is 0.917 bits per heavy atom. The number of ether oxygens (including phenoxy) is 1. The summed E-state index contributed by atoms with van der Waals surface area (Å²) < 4.78 is 5.91. The third-order valence-corrected chi connectivity index (χ3v) is 3.90. The predicted octanol–water partition coefficient (Wildman–Crippen LogP) is 3.64. The minimum atomic E-state index is 0.540. The van der Waals surface area contributed by atoms with Crippen molar-refractivity contribution in [3.8, 4) is 17.1 Å². The summed E-state index contributed by atoms with van der Waals surface area (Å²) in [4.78, 5) is 16.0. The maximum absolute atomic E-state index is 5.91. The molecule has 0 atom stereocenters. The summed E-state index contributed by atoms with van der Waals surface area (Å²) in [5, 5.41) is 1.23. The van der Waals surface area contributed by atoms with Crippen LogP contribution in [0.25, 0.3) is 22.2 Å². The summed E-state index contributed by atoms with van der Waals surface area (Å²) in [5.74, 6) is 0.545. The first-order chi connectivity index (χ1) is 11.9. The van der Waals surface area contributed by atoms with Gasteiger partial charge in [0.2, 0.25) is 5.88 Å². The first kappa shape index (κ1) is 14.4. The topological polar surface area (TPSA) is 63.7 Å². The van der Waals surface area contributed by atoms with Crippen LogP contribution >= 0.6 is 0 Å². The Bertz CT molecular complexity index is 950. The molecule has 4 aromatic rings. The van der Waals surface area contributed by atoms with Gasteiger partial charge in [-0.15, -0.1) is 0 Å². The van der Waals surface area contributed by atoms with Crippen LogP contribution in [0.2, 0.25) is 0 Å². The second-order valence-electron chi connectivity index (χ2n) is 5.40. The molecule has 0 aliphatic carbocycles. The molecule has 0 saturated heterocycles. The lowest BCUT2D eigenvalue weighted by atomic mass is 10.1. The van der Waals surface area contributed by atoms with Gasteiger partial charge in [-0.3, -0.25) is 4.98 Å². The van der Waals surface area contributed by atoms with E-state index in [0.29, 0.717) is 12.5 Å². The number of pyridine rings is 1. The molecule has 0 bridgehead atoms. The lowest BCUT2D eigenvalue weighted by molar-refractivity contribution is 0.310. The van der Waals surface area contributed by atoms with Gasteiger partial charge in [-0.2, -0.15) is 0 Å². The van der Waals surface area contributed by atoms with E-state index in [0.717, 1.165) is 23.2 Å². The van der Waals surface area contributed by atoms with E-state index in [-0.39, 0.29) is 0 Å². The average molecular weight is 316 g/mol. The Morgan fingerprint density at radius 3 is 2.67 bits per heavy atom. The standard InChI is InChI=1S/C19H16N4O/c1-2-4-17-16(3-1)15(13-23-17)7-12-24-19-18(21-10-11-22-19)14-5-8-20-9-6-14/h1-6,8-11,13,23H,7,12H2. The Hall–Kier alpha value is -3.21. The van der Waals surface area contributed by atoms with Gasteiger partial charge in [0.25, 0.3) is 0 Å². The van der Waals surface area contributed by atoms with Crippen molar-refractivity contribution in [1.29, 1.82) is 0 Å². The van der Waals surface area contributed by atoms with Gasteiger partial charge in [-0.25, -0.2) is 9.97 Å². The van der Waals surface area contributed by atoms with Crippen LogP contribution in [0.4, 0.5) is 0 Å². The molecule has 0 amide bonds. The zero-order valence-corrected chi connectivity index (χ0v) is 13.0. The number of rotatable bonds is 5. The Morgan fingerprint density at radius 2 is 1.75 bits per heavy atom. The van der Waals surface area contributed by atoms with Gasteiger partial charge in [0, 0.05) is 53.9 Å². The van der Waals surface area contributed by atoms with Gasteiger partial charge in [0.05, 0.1) is 6.61 Å². The van der Waals surface area contributed by atoms with Crippen molar-refractivity contribution in [3.63, 3.8) is 0 Å². The van der Waals surface area contributed by atoms with E-state index in [1.807, 2.05) is 30.5 Å². The molecule has 0 saturated carbocycles. The van der Waals surface area contributed by atoms with Gasteiger partial charge in [0.15, 0.2) is 0 Å². The number of nitrogens with zero attached hydrogens (tertiary/aromatic N) is 3. The number of H-pyrrole nitrogens is 1. The summed E-state index contributed by atoms with van der Waals surface area (Å²) in [5.41, 5.74) is 4.06. The monoisotopic (exact) mass is 316 g/mol. The number of nitrogens with one attached hydrogen (secondary N) is 1. The summed E-state index contributed by atoms with van der Waals surface area (Å²) in [6, 6.07) is 12.1. The first-order valence-corrected chi connectivity index (χ1v) is 7.81. The molecule has 3 heterocycles. The zero-order chi connectivity index (χ0) is 16.2. The largest absolute Gasteiger partial charge is 0.476 e. The van der Waals surface area contributed by atoms with Crippen LogP contribution in [-0.2, 0) is 6.42 Å². The second kappa shape index (κ2) is 6.50. The van der Waals surface area contributed by atoms with E-state index in [9.17, 15) is 0 Å². The average Bonchev–Trinajstić information content (AvgIpc) is 3.06. The van der Waals surface area contributed by atoms with E-state index < -0.39 is 0 Å². The van der Waals surface area contributed by atoms with Crippen molar-refractivity contribution in [2.45, 2.75) is 6.42 Å². The van der Waals surface area contributed by atoms with E-state index >= 15 is 0 Å². The first-order valence-electron chi connectivity index (χ1n) is 7.81. The number of hydrogen-bond acceptors (Lipinski definition) is 4. The van der Waals surface area contributed by atoms with Gasteiger partial charge in [0.1, 0.15) is 5.69 Å². The van der Waals surface area contributed by atoms with Crippen LogP contribution < -0.4 is 4.74 Å². The molecule has 24 heavy (non-hydrogen) atoms. The van der Waals surface area contributed by atoms with Crippen LogP contribution in [0.5, 0.6) is 5.88 Å². The Balaban J connectivity index is 1.51. The fourth-order valence-corrected chi connectivity index (χ4v) is 2.73. The third-order valence-electron chi connectivity index (χ3n) is 3.90. The van der Waals surface area contributed by atoms with Crippen molar-refractivity contribution in [1.82, 2.24) is 19.9 Å². The van der Waals surface area contributed by atoms with E-state index in [4.69, 9.17) is 4.74 Å². The highest BCUT2D eigenvalue weighted by atomic mass is 16.5. The Kier molecular flexibility index (Phi) is 3.90. The molecule has 1 aromatic carbocycles. The quantitative estimate of drug-likeness (QED) is 0.610. The van der Waals surface area contributed by atoms with Gasteiger partial charge < -0.3 is 9.72 Å². The molecule has 5 nitrogen and oxygen atoms in total. The number of hydrogen-bond donors (Lipinski definition) is 1. The highest BCUT2D eigenvalue weighted by Crippen LogP contribution is 2.25. The maximum atomic E-state index is 5.91. The number of benzene rings is 1. The van der Waals surface area contributed by atoms with Crippen molar-refractivity contribution in [2.75, 3.05) is 6.61 Å². The summed E-state index contributed by atoms with van der Waals surface area (Å²) in [6.07, 6.45) is 9.62. The fraction of sp³-hybridized carbons (Fsp3) is 0.105. The molecule has 0 radical (unpaired) electrons. The molecule has 5 heteroatoms. The molecule has 118 valence electrons. The van der Waals surface area contributed by atoms with E-state index in [1.54, 1.807) is 24.8 Å². The highest BCUT2D eigenvalue weighted by molar-refractivity contribution is 5.83. The van der Waals surface area contributed by atoms with E-state index in [2.05, 4.69) is 32.1 Å². The molecule has 0 aliphatic heterocycles. The molecular formula is C19H16N4O. The summed E-state index contributed by atoms with van der Waals surface area (Å²) in [6.45, 7) is 0.540. The fourth-order valence-electron chi connectivity index (χ4n) is 2.73. The molecule has 0 fully saturated rings. The van der Waals surface area contributed by atoms with E-state index in [1.165, 1.54) is 10.9 Å². The minimum Gasteiger partial charge on any atom is -0.476 e. The van der Waals surface area contributed by atoms with Crippen LogP contribution in [0, 0.1) is 0 Å². The minimum absolute atomic E-state index is 0.540. The molecule has 3 aromatic heterocycles. The number of para-hydroxylation sites is 1. The van der Waals surface area contributed by atoms with Crippen molar-refractivity contribution in [2.24, 2.45) is 0 Å². The Labute approximate surface area is 139 Å². The number of fused-ring (bicyclic) bond motifs is 1. The zero-order valence-electron chi connectivity index (χ0n) is 13.0. The van der Waals surface area contributed by atoms with Crippen LogP contribution in [-0.4, -0.2) is 26.5 Å². The molecule has 0 aliphatic rings. The lowest BCUT2D eigenvalue weighted by Gasteiger charge is -2.09. The molecule has 4 rings (SSSR count). The predicted molar refractivity (Wildman–Crippen MR) is 92.8 cm³/mol. The SMILES string of the molecule is c1ccc2c(CCOc3nccnc3-c3ccncc3)c[nH]c2c1. The van der Waals surface area contributed by atoms with Crippen LogP contribution in [0.15, 0.2) is 67.4 Å². The number of aromatic amines is 1. The molecule has 0 unspecified atom stereocenters. The smallest absolute Gasteiger partial charge is 0.240 e. The van der Waals surface area contributed by atoms with Crippen LogP contribution in [0.3, 0.4) is 0 Å². The highest BCUT2D eigenvalue weighted by Gasteiger charge is 2.09. The van der Waals surface area contributed by atoms with Gasteiger partial charge in [-0.05, 0) is 23.8 Å². The normalized spacial score (nSPS) is 10.8. The number of aromatic nitrogens is 4. The van der Waals surface area contributed by atoms with Crippen molar-refractivity contribution < 1.29 is 4.74 Å². The summed E-state index contributed by atoms with van der Waals surface area (Å²) >= 11 is 0. The van der Waals surface area contributed by atoms with Gasteiger partial charge in [-0.1, -0.05) is 18.2 Å². The van der Waals surface area contributed by atoms with Crippen LogP contribution in [0.1, 0.15) is 5.56 Å². The van der Waals surface area contributed by atoms with Crippen molar-refractivity contribution >= 4 is 10.9 Å². The molecule has 0 spiro atoms. The summed E-state index contributed by atoms with van der Waals surface area (Å²) in [7, 11) is 0. The van der Waals surface area contributed by atoms with Gasteiger partial charge >= 0.3 is 0 Å². The second-order valence-corrected chi connectivity index (χ2v) is 5.40. The lowest BCUT2D eigenvalue weighted by Crippen LogP contribution is -2.04. The third kappa shape index (κ3) is 2.84.